The Labute approximate surface area is 109 Å². The molecule has 1 unspecified atom stereocenters. The van der Waals surface area contributed by atoms with Gasteiger partial charge in [0, 0.05) is 18.8 Å². The molecule has 1 atom stereocenters. The van der Waals surface area contributed by atoms with Crippen molar-refractivity contribution in [2.75, 3.05) is 13.7 Å². The summed E-state index contributed by atoms with van der Waals surface area (Å²) in [5.74, 6) is -0.844. The smallest absolute Gasteiger partial charge is 0.328 e. The normalized spacial score (nSPS) is 11.5. The van der Waals surface area contributed by atoms with Crippen molar-refractivity contribution >= 4 is 12.0 Å². The number of nitrogens with one attached hydrogen (secondary N) is 2. The van der Waals surface area contributed by atoms with E-state index in [-0.39, 0.29) is 6.54 Å². The number of aliphatic hydroxyl groups excluding tert-OH is 1. The van der Waals surface area contributed by atoms with Crippen LogP contribution in [-0.2, 0) is 11.3 Å². The van der Waals surface area contributed by atoms with E-state index < -0.39 is 24.6 Å². The molecule has 8 nitrogen and oxygen atoms in total. The van der Waals surface area contributed by atoms with E-state index in [2.05, 4.69) is 15.6 Å². The molecule has 1 rings (SSSR count). The van der Waals surface area contributed by atoms with Crippen molar-refractivity contribution in [3.8, 4) is 5.88 Å². The van der Waals surface area contributed by atoms with Crippen LogP contribution in [0, 0.1) is 0 Å². The summed E-state index contributed by atoms with van der Waals surface area (Å²) in [5.41, 5.74) is 0.729. The summed E-state index contributed by atoms with van der Waals surface area (Å²) in [6, 6.07) is 1.35. The van der Waals surface area contributed by atoms with E-state index in [1.807, 2.05) is 0 Å². The lowest BCUT2D eigenvalue weighted by Gasteiger charge is -2.12. The Morgan fingerprint density at radius 3 is 2.68 bits per heavy atom. The highest BCUT2D eigenvalue weighted by atomic mass is 16.5. The van der Waals surface area contributed by atoms with Crippen LogP contribution in [0.1, 0.15) is 5.56 Å². The molecule has 0 aliphatic heterocycles. The Bertz CT molecular complexity index is 434. The predicted molar refractivity (Wildman–Crippen MR) is 64.7 cm³/mol. The molecule has 0 aliphatic carbocycles. The number of methoxy groups -OCH3 is 1. The number of rotatable bonds is 6. The highest BCUT2D eigenvalue weighted by Gasteiger charge is 2.18. The molecule has 0 saturated heterocycles. The number of carbonyl (C=O) groups is 2. The maximum Gasteiger partial charge on any atom is 0.328 e. The van der Waals surface area contributed by atoms with Gasteiger partial charge in [-0.2, -0.15) is 0 Å². The van der Waals surface area contributed by atoms with Crippen LogP contribution in [-0.4, -0.2) is 47.0 Å². The van der Waals surface area contributed by atoms with E-state index in [0.29, 0.717) is 5.88 Å². The van der Waals surface area contributed by atoms with Gasteiger partial charge in [0.15, 0.2) is 6.04 Å². The number of aliphatic hydroxyl groups is 1. The number of hydrogen-bond donors (Lipinski definition) is 4. The first-order valence-corrected chi connectivity index (χ1v) is 5.43. The average Bonchev–Trinajstić information content (AvgIpc) is 2.42. The highest BCUT2D eigenvalue weighted by Crippen LogP contribution is 2.05. The van der Waals surface area contributed by atoms with Gasteiger partial charge in [-0.25, -0.2) is 14.6 Å². The van der Waals surface area contributed by atoms with Crippen molar-refractivity contribution in [1.82, 2.24) is 15.6 Å². The molecular formula is C11H15N3O5. The lowest BCUT2D eigenvalue weighted by molar-refractivity contribution is -0.140. The van der Waals surface area contributed by atoms with Crippen molar-refractivity contribution in [1.29, 1.82) is 0 Å². The monoisotopic (exact) mass is 269 g/mol. The van der Waals surface area contributed by atoms with Crippen LogP contribution in [0.15, 0.2) is 18.3 Å². The van der Waals surface area contributed by atoms with Crippen molar-refractivity contribution in [2.45, 2.75) is 12.6 Å². The number of aromatic nitrogens is 1. The Balaban J connectivity index is 2.42. The first-order valence-electron chi connectivity index (χ1n) is 5.43. The van der Waals surface area contributed by atoms with E-state index in [9.17, 15) is 9.59 Å². The summed E-state index contributed by atoms with van der Waals surface area (Å²) in [6.07, 6.45) is 1.53. The third kappa shape index (κ3) is 4.80. The van der Waals surface area contributed by atoms with Crippen LogP contribution in [0.25, 0.3) is 0 Å². The van der Waals surface area contributed by atoms with Gasteiger partial charge in [-0.15, -0.1) is 0 Å². The molecule has 104 valence electrons. The lowest BCUT2D eigenvalue weighted by atomic mass is 10.3. The zero-order valence-corrected chi connectivity index (χ0v) is 10.3. The minimum Gasteiger partial charge on any atom is -0.481 e. The Morgan fingerprint density at radius 2 is 2.21 bits per heavy atom. The van der Waals surface area contributed by atoms with Gasteiger partial charge in [-0.3, -0.25) is 0 Å². The van der Waals surface area contributed by atoms with Gasteiger partial charge in [0.05, 0.1) is 13.7 Å². The second-order valence-corrected chi connectivity index (χ2v) is 3.61. The number of carboxylic acid groups (broad SMARTS) is 1. The van der Waals surface area contributed by atoms with Crippen LogP contribution in [0.4, 0.5) is 4.79 Å². The number of carboxylic acids is 1. The van der Waals surface area contributed by atoms with Gasteiger partial charge in [-0.1, -0.05) is 6.07 Å². The summed E-state index contributed by atoms with van der Waals surface area (Å²) in [7, 11) is 1.49. The predicted octanol–water partition coefficient (Wildman–Crippen LogP) is -0.665. The summed E-state index contributed by atoms with van der Waals surface area (Å²) < 4.78 is 4.88. The zero-order chi connectivity index (χ0) is 14.3. The number of urea groups is 1. The molecule has 0 aromatic carbocycles. The third-order valence-corrected chi connectivity index (χ3v) is 2.25. The fraction of sp³-hybridized carbons (Fsp3) is 0.364. The van der Waals surface area contributed by atoms with E-state index in [1.165, 1.54) is 13.3 Å². The zero-order valence-electron chi connectivity index (χ0n) is 10.3. The molecule has 1 heterocycles. The standard InChI is InChI=1S/C11H15N3O5/c1-19-9-3-2-7(4-12-9)5-13-11(18)14-8(6-15)10(16)17/h2-4,8,15H,5-6H2,1H3,(H,16,17)(H2,13,14,18). The van der Waals surface area contributed by atoms with Gasteiger partial charge in [0.2, 0.25) is 5.88 Å². The van der Waals surface area contributed by atoms with Crippen molar-refractivity contribution in [2.24, 2.45) is 0 Å². The number of amides is 2. The third-order valence-electron chi connectivity index (χ3n) is 2.25. The molecule has 0 bridgehead atoms. The van der Waals surface area contributed by atoms with E-state index >= 15 is 0 Å². The second-order valence-electron chi connectivity index (χ2n) is 3.61. The minimum absolute atomic E-state index is 0.181. The summed E-state index contributed by atoms with van der Waals surface area (Å²) in [4.78, 5) is 25.9. The van der Waals surface area contributed by atoms with Crippen LogP contribution in [0.3, 0.4) is 0 Å². The van der Waals surface area contributed by atoms with Gasteiger partial charge in [-0.05, 0) is 5.56 Å². The minimum atomic E-state index is -1.33. The maximum atomic E-state index is 11.4. The fourth-order valence-electron chi connectivity index (χ4n) is 1.21. The van der Waals surface area contributed by atoms with Gasteiger partial charge in [0.25, 0.3) is 0 Å². The van der Waals surface area contributed by atoms with Crippen LogP contribution in [0.5, 0.6) is 5.88 Å². The van der Waals surface area contributed by atoms with E-state index in [0.717, 1.165) is 5.56 Å². The molecule has 4 N–H and O–H groups in total. The average molecular weight is 269 g/mol. The van der Waals surface area contributed by atoms with Gasteiger partial charge < -0.3 is 25.6 Å². The second kappa shape index (κ2) is 7.17. The molecule has 19 heavy (non-hydrogen) atoms. The summed E-state index contributed by atoms with van der Waals surface area (Å²) >= 11 is 0. The molecule has 8 heteroatoms. The molecule has 0 saturated carbocycles. The fourth-order valence-corrected chi connectivity index (χ4v) is 1.21. The number of pyridine rings is 1. The number of nitrogens with zero attached hydrogens (tertiary/aromatic N) is 1. The molecule has 0 spiro atoms. The topological polar surface area (TPSA) is 121 Å². The Hall–Kier alpha value is -2.35. The SMILES string of the molecule is COc1ccc(CNC(=O)NC(CO)C(=O)O)cn1. The molecule has 0 fully saturated rings. The molecule has 2 amide bonds. The first-order chi connectivity index (χ1) is 9.06. The molecule has 0 aliphatic rings. The molecule has 1 aromatic rings. The lowest BCUT2D eigenvalue weighted by Crippen LogP contribution is -2.47. The van der Waals surface area contributed by atoms with Crippen molar-refractivity contribution < 1.29 is 24.5 Å². The van der Waals surface area contributed by atoms with Crippen molar-refractivity contribution in [3.05, 3.63) is 23.9 Å². The molecule has 0 radical (unpaired) electrons. The number of hydrogen-bond acceptors (Lipinski definition) is 5. The largest absolute Gasteiger partial charge is 0.481 e. The Morgan fingerprint density at radius 1 is 1.47 bits per heavy atom. The van der Waals surface area contributed by atoms with Crippen LogP contribution >= 0.6 is 0 Å². The molecule has 1 aromatic heterocycles. The highest BCUT2D eigenvalue weighted by molar-refractivity contribution is 5.82. The van der Waals surface area contributed by atoms with E-state index in [4.69, 9.17) is 14.9 Å². The van der Waals surface area contributed by atoms with Crippen LogP contribution in [0.2, 0.25) is 0 Å². The van der Waals surface area contributed by atoms with Crippen LogP contribution < -0.4 is 15.4 Å². The quantitative estimate of drug-likeness (QED) is 0.544. The van der Waals surface area contributed by atoms with Crippen molar-refractivity contribution in [3.63, 3.8) is 0 Å². The van der Waals surface area contributed by atoms with E-state index in [1.54, 1.807) is 12.1 Å². The number of aliphatic carboxylic acids is 1. The van der Waals surface area contributed by atoms with Gasteiger partial charge >= 0.3 is 12.0 Å². The first kappa shape index (κ1) is 14.7. The number of carbonyl (C=O) groups excluding carboxylic acids is 1. The Kier molecular flexibility index (Phi) is 5.55. The molecular weight excluding hydrogens is 254 g/mol. The van der Waals surface area contributed by atoms with Gasteiger partial charge in [0.1, 0.15) is 0 Å². The summed E-state index contributed by atoms with van der Waals surface area (Å²) in [5, 5.41) is 21.9. The number of ether oxygens (including phenoxy) is 1. The summed E-state index contributed by atoms with van der Waals surface area (Å²) in [6.45, 7) is -0.493. The maximum absolute atomic E-state index is 11.4.